The van der Waals surface area contributed by atoms with E-state index in [1.165, 1.54) is 5.56 Å². The summed E-state index contributed by atoms with van der Waals surface area (Å²) in [7, 11) is 0. The molecule has 0 radical (unpaired) electrons. The van der Waals surface area contributed by atoms with Crippen LogP contribution in [0.4, 0.5) is 0 Å². The quantitative estimate of drug-likeness (QED) is 0.694. The van der Waals surface area contributed by atoms with Gasteiger partial charge in [0, 0.05) is 17.5 Å². The van der Waals surface area contributed by atoms with Crippen LogP contribution in [0.15, 0.2) is 48.5 Å². The molecule has 3 nitrogen and oxygen atoms in total. The summed E-state index contributed by atoms with van der Waals surface area (Å²) in [5.74, 6) is 1.39. The summed E-state index contributed by atoms with van der Waals surface area (Å²) in [6, 6.07) is 15.9. The van der Waals surface area contributed by atoms with Crippen molar-refractivity contribution in [2.75, 3.05) is 13.2 Å². The molecule has 3 rings (SSSR count). The standard InChI is InChI=1S/C21H24ClNO2/c1-15-8-10-16(11-9-15)25-13-5-4-12-23-21(24)19-14-18(19)17-6-2-3-7-20(17)22/h2-3,6-11,18-19H,4-5,12-14H2,1H3,(H,23,24). The van der Waals surface area contributed by atoms with Gasteiger partial charge < -0.3 is 10.1 Å². The molecule has 4 heteroatoms. The lowest BCUT2D eigenvalue weighted by Crippen LogP contribution is -2.26. The first-order valence-electron chi connectivity index (χ1n) is 8.87. The summed E-state index contributed by atoms with van der Waals surface area (Å²) >= 11 is 6.20. The van der Waals surface area contributed by atoms with Gasteiger partial charge in [0.25, 0.3) is 0 Å². The molecule has 25 heavy (non-hydrogen) atoms. The van der Waals surface area contributed by atoms with Gasteiger partial charge in [0.05, 0.1) is 6.61 Å². The lowest BCUT2D eigenvalue weighted by Gasteiger charge is -2.08. The minimum Gasteiger partial charge on any atom is -0.494 e. The van der Waals surface area contributed by atoms with Crippen molar-refractivity contribution in [1.29, 1.82) is 0 Å². The van der Waals surface area contributed by atoms with Gasteiger partial charge in [-0.2, -0.15) is 0 Å². The van der Waals surface area contributed by atoms with Crippen molar-refractivity contribution >= 4 is 17.5 Å². The molecule has 1 aliphatic rings. The lowest BCUT2D eigenvalue weighted by atomic mass is 10.1. The van der Waals surface area contributed by atoms with Crippen LogP contribution in [-0.2, 0) is 4.79 Å². The molecule has 0 spiro atoms. The summed E-state index contributed by atoms with van der Waals surface area (Å²) in [5.41, 5.74) is 2.32. The molecule has 2 atom stereocenters. The second kappa shape index (κ2) is 8.39. The first kappa shape index (κ1) is 17.8. The topological polar surface area (TPSA) is 38.3 Å². The molecule has 0 heterocycles. The number of halogens is 1. The van der Waals surface area contributed by atoms with Gasteiger partial charge in [-0.1, -0.05) is 47.5 Å². The average Bonchev–Trinajstić information content (AvgIpc) is 3.40. The highest BCUT2D eigenvalue weighted by molar-refractivity contribution is 6.31. The molecule has 0 saturated heterocycles. The Labute approximate surface area is 154 Å². The lowest BCUT2D eigenvalue weighted by molar-refractivity contribution is -0.122. The fourth-order valence-corrected chi connectivity index (χ4v) is 3.27. The van der Waals surface area contributed by atoms with Crippen LogP contribution in [0.2, 0.25) is 5.02 Å². The molecule has 1 amide bonds. The number of nitrogens with one attached hydrogen (secondary N) is 1. The third-order valence-electron chi connectivity index (χ3n) is 4.59. The summed E-state index contributed by atoms with van der Waals surface area (Å²) in [6.07, 6.45) is 2.74. The molecular formula is C21H24ClNO2. The largest absolute Gasteiger partial charge is 0.494 e. The van der Waals surface area contributed by atoms with E-state index in [0.717, 1.165) is 35.6 Å². The van der Waals surface area contributed by atoms with E-state index in [9.17, 15) is 4.79 Å². The fourth-order valence-electron chi connectivity index (χ4n) is 3.00. The number of hydrogen-bond donors (Lipinski definition) is 1. The van der Waals surface area contributed by atoms with E-state index < -0.39 is 0 Å². The van der Waals surface area contributed by atoms with Crippen LogP contribution in [0.1, 0.15) is 36.3 Å². The Balaban J connectivity index is 1.30. The Morgan fingerprint density at radius 1 is 1.16 bits per heavy atom. The predicted octanol–water partition coefficient (Wildman–Crippen LogP) is 4.73. The second-order valence-corrected chi connectivity index (χ2v) is 7.04. The number of hydrogen-bond acceptors (Lipinski definition) is 2. The van der Waals surface area contributed by atoms with Crippen LogP contribution in [0.3, 0.4) is 0 Å². The molecular weight excluding hydrogens is 334 g/mol. The maximum atomic E-state index is 12.2. The van der Waals surface area contributed by atoms with Crippen molar-refractivity contribution in [3.63, 3.8) is 0 Å². The molecule has 1 aliphatic carbocycles. The highest BCUT2D eigenvalue weighted by Gasteiger charge is 2.44. The molecule has 1 fully saturated rings. The molecule has 2 aromatic carbocycles. The molecule has 132 valence electrons. The maximum Gasteiger partial charge on any atom is 0.223 e. The number of ether oxygens (including phenoxy) is 1. The zero-order valence-electron chi connectivity index (χ0n) is 14.5. The van der Waals surface area contributed by atoms with Gasteiger partial charge in [-0.05, 0) is 55.9 Å². The first-order chi connectivity index (χ1) is 12.1. The van der Waals surface area contributed by atoms with Crippen LogP contribution >= 0.6 is 11.6 Å². The van der Waals surface area contributed by atoms with Gasteiger partial charge >= 0.3 is 0 Å². The van der Waals surface area contributed by atoms with Gasteiger partial charge in [-0.15, -0.1) is 0 Å². The Morgan fingerprint density at radius 2 is 1.92 bits per heavy atom. The monoisotopic (exact) mass is 357 g/mol. The van der Waals surface area contributed by atoms with E-state index in [0.29, 0.717) is 13.2 Å². The van der Waals surface area contributed by atoms with Gasteiger partial charge in [0.1, 0.15) is 5.75 Å². The van der Waals surface area contributed by atoms with Gasteiger partial charge in [-0.3, -0.25) is 4.79 Å². The van der Waals surface area contributed by atoms with Crippen LogP contribution < -0.4 is 10.1 Å². The van der Waals surface area contributed by atoms with Crippen molar-refractivity contribution in [2.24, 2.45) is 5.92 Å². The van der Waals surface area contributed by atoms with E-state index in [1.54, 1.807) is 0 Å². The van der Waals surface area contributed by atoms with E-state index in [-0.39, 0.29) is 17.7 Å². The van der Waals surface area contributed by atoms with E-state index in [4.69, 9.17) is 16.3 Å². The molecule has 0 aromatic heterocycles. The summed E-state index contributed by atoms with van der Waals surface area (Å²) in [5, 5.41) is 3.79. The van der Waals surface area contributed by atoms with Crippen LogP contribution in [0, 0.1) is 12.8 Å². The molecule has 2 aromatic rings. The molecule has 0 bridgehead atoms. The Bertz CT molecular complexity index is 714. The number of carbonyl (C=O) groups excluding carboxylic acids is 1. The number of rotatable bonds is 8. The molecule has 1 saturated carbocycles. The van der Waals surface area contributed by atoms with Crippen molar-refractivity contribution < 1.29 is 9.53 Å². The van der Waals surface area contributed by atoms with Crippen molar-refractivity contribution in [3.8, 4) is 5.75 Å². The number of benzene rings is 2. The second-order valence-electron chi connectivity index (χ2n) is 6.63. The summed E-state index contributed by atoms with van der Waals surface area (Å²) in [6.45, 7) is 3.43. The fraction of sp³-hybridized carbons (Fsp3) is 0.381. The van der Waals surface area contributed by atoms with Crippen molar-refractivity contribution in [2.45, 2.75) is 32.1 Å². The molecule has 2 unspecified atom stereocenters. The van der Waals surface area contributed by atoms with E-state index >= 15 is 0 Å². The van der Waals surface area contributed by atoms with E-state index in [1.807, 2.05) is 48.5 Å². The number of carbonyl (C=O) groups is 1. The third kappa shape index (κ3) is 4.99. The number of unbranched alkanes of at least 4 members (excludes halogenated alkanes) is 1. The zero-order valence-corrected chi connectivity index (χ0v) is 15.3. The van der Waals surface area contributed by atoms with Crippen LogP contribution in [-0.4, -0.2) is 19.1 Å². The van der Waals surface area contributed by atoms with E-state index in [2.05, 4.69) is 12.2 Å². The smallest absolute Gasteiger partial charge is 0.223 e. The summed E-state index contributed by atoms with van der Waals surface area (Å²) < 4.78 is 5.69. The Kier molecular flexibility index (Phi) is 5.98. The maximum absolute atomic E-state index is 12.2. The molecule has 1 N–H and O–H groups in total. The van der Waals surface area contributed by atoms with Crippen LogP contribution in [0.25, 0.3) is 0 Å². The van der Waals surface area contributed by atoms with Crippen molar-refractivity contribution in [1.82, 2.24) is 5.32 Å². The minimum absolute atomic E-state index is 0.0729. The van der Waals surface area contributed by atoms with Gasteiger partial charge in [-0.25, -0.2) is 0 Å². The predicted molar refractivity (Wildman–Crippen MR) is 101 cm³/mol. The SMILES string of the molecule is Cc1ccc(OCCCCNC(=O)C2CC2c2ccccc2Cl)cc1. The Hall–Kier alpha value is -2.00. The third-order valence-corrected chi connectivity index (χ3v) is 4.94. The number of amides is 1. The minimum atomic E-state index is 0.0729. The highest BCUT2D eigenvalue weighted by atomic mass is 35.5. The van der Waals surface area contributed by atoms with Crippen molar-refractivity contribution in [3.05, 3.63) is 64.7 Å². The molecule has 0 aliphatic heterocycles. The summed E-state index contributed by atoms with van der Waals surface area (Å²) in [4.78, 5) is 12.2. The van der Waals surface area contributed by atoms with Gasteiger partial charge in [0.2, 0.25) is 5.91 Å². The average molecular weight is 358 g/mol. The Morgan fingerprint density at radius 3 is 2.68 bits per heavy atom. The normalized spacial score (nSPS) is 18.6. The number of aryl methyl sites for hydroxylation is 1. The zero-order chi connectivity index (χ0) is 17.6. The van der Waals surface area contributed by atoms with Crippen LogP contribution in [0.5, 0.6) is 5.75 Å². The van der Waals surface area contributed by atoms with Gasteiger partial charge in [0.15, 0.2) is 0 Å². The first-order valence-corrected chi connectivity index (χ1v) is 9.24. The highest BCUT2D eigenvalue weighted by Crippen LogP contribution is 2.49.